The lowest BCUT2D eigenvalue weighted by Gasteiger charge is -2.21. The minimum Gasteiger partial charge on any atom is -0.465 e. The maximum absolute atomic E-state index is 11.1. The predicted octanol–water partition coefficient (Wildman–Crippen LogP) is 0.740. The van der Waals surface area contributed by atoms with Crippen molar-refractivity contribution in [2.75, 3.05) is 7.11 Å². The lowest BCUT2D eigenvalue weighted by molar-refractivity contribution is -0.411. The molecule has 1 aliphatic rings. The van der Waals surface area contributed by atoms with Gasteiger partial charge in [0.2, 0.25) is 0 Å². The van der Waals surface area contributed by atoms with Gasteiger partial charge in [-0.15, -0.1) is 0 Å². The Hall–Kier alpha value is -0.570. The molecule has 0 heterocycles. The van der Waals surface area contributed by atoms with Crippen molar-refractivity contribution in [3.05, 3.63) is 0 Å². The fraction of sp³-hybridized carbons (Fsp3) is 0.900. The van der Waals surface area contributed by atoms with Crippen LogP contribution in [0.15, 0.2) is 0 Å². The maximum atomic E-state index is 11.1. The van der Waals surface area contributed by atoms with Gasteiger partial charge in [-0.05, 0) is 5.92 Å². The number of ether oxygens (including phenoxy) is 1. The molecule has 0 aromatic rings. The van der Waals surface area contributed by atoms with Gasteiger partial charge in [-0.2, -0.15) is 0 Å². The van der Waals surface area contributed by atoms with Crippen LogP contribution in [0.4, 0.5) is 0 Å². The summed E-state index contributed by atoms with van der Waals surface area (Å²) >= 11 is 0. The molecule has 0 saturated heterocycles. The zero-order chi connectivity index (χ0) is 9.68. The summed E-state index contributed by atoms with van der Waals surface area (Å²) in [5.74, 6) is 0.543. The third-order valence-electron chi connectivity index (χ3n) is 2.88. The Bertz CT molecular complexity index is 164. The topological polar surface area (TPSA) is 53.9 Å². The highest BCUT2D eigenvalue weighted by atomic mass is 16.5. The summed E-state index contributed by atoms with van der Waals surface area (Å²) in [6.07, 6.45) is 7.44. The largest absolute Gasteiger partial charge is 0.465 e. The second-order valence-electron chi connectivity index (χ2n) is 3.96. The molecule has 1 rings (SSSR count). The number of rotatable bonds is 3. The quantitative estimate of drug-likeness (QED) is 0.661. The van der Waals surface area contributed by atoms with Gasteiger partial charge < -0.3 is 10.5 Å². The van der Waals surface area contributed by atoms with Gasteiger partial charge in [0.05, 0.1) is 7.11 Å². The van der Waals surface area contributed by atoms with Crippen molar-refractivity contribution in [2.45, 2.75) is 44.6 Å². The molecular formula is C10H20NO2+. The summed E-state index contributed by atoms with van der Waals surface area (Å²) in [5.41, 5.74) is 3.83. The molecule has 1 aliphatic carbocycles. The summed E-state index contributed by atoms with van der Waals surface area (Å²) in [6.45, 7) is 0. The molecule has 0 aliphatic heterocycles. The Morgan fingerprint density at radius 2 is 2.08 bits per heavy atom. The van der Waals surface area contributed by atoms with Gasteiger partial charge in [-0.25, -0.2) is 4.79 Å². The van der Waals surface area contributed by atoms with E-state index in [0.717, 1.165) is 6.42 Å². The van der Waals surface area contributed by atoms with Gasteiger partial charge in [-0.1, -0.05) is 32.1 Å². The van der Waals surface area contributed by atoms with Crippen molar-refractivity contribution < 1.29 is 15.3 Å². The molecule has 1 atom stereocenters. The van der Waals surface area contributed by atoms with E-state index in [1.165, 1.54) is 39.2 Å². The minimum absolute atomic E-state index is 0.159. The Kier molecular flexibility index (Phi) is 4.22. The van der Waals surface area contributed by atoms with Gasteiger partial charge in [0.15, 0.2) is 6.04 Å². The molecule has 3 N–H and O–H groups in total. The Balaban J connectivity index is 2.25. The number of hydrogen-bond donors (Lipinski definition) is 1. The van der Waals surface area contributed by atoms with Gasteiger partial charge in [0.1, 0.15) is 0 Å². The zero-order valence-corrected chi connectivity index (χ0v) is 8.42. The van der Waals surface area contributed by atoms with Gasteiger partial charge in [-0.3, -0.25) is 0 Å². The highest BCUT2D eigenvalue weighted by molar-refractivity contribution is 5.73. The van der Waals surface area contributed by atoms with E-state index in [1.54, 1.807) is 0 Å². The monoisotopic (exact) mass is 186 g/mol. The van der Waals surface area contributed by atoms with E-state index < -0.39 is 0 Å². The summed E-state index contributed by atoms with van der Waals surface area (Å²) in [7, 11) is 1.43. The van der Waals surface area contributed by atoms with Crippen molar-refractivity contribution >= 4 is 5.97 Å². The van der Waals surface area contributed by atoms with Crippen molar-refractivity contribution in [2.24, 2.45) is 5.92 Å². The summed E-state index contributed by atoms with van der Waals surface area (Å²) in [4.78, 5) is 11.1. The zero-order valence-electron chi connectivity index (χ0n) is 8.42. The average Bonchev–Trinajstić information content (AvgIpc) is 2.18. The second-order valence-corrected chi connectivity index (χ2v) is 3.96. The third-order valence-corrected chi connectivity index (χ3v) is 2.88. The van der Waals surface area contributed by atoms with E-state index in [1.807, 2.05) is 0 Å². The first-order valence-electron chi connectivity index (χ1n) is 5.15. The van der Waals surface area contributed by atoms with Gasteiger partial charge in [0.25, 0.3) is 0 Å². The smallest absolute Gasteiger partial charge is 0.364 e. The van der Waals surface area contributed by atoms with E-state index in [-0.39, 0.29) is 12.0 Å². The van der Waals surface area contributed by atoms with Crippen molar-refractivity contribution in [1.29, 1.82) is 0 Å². The summed E-state index contributed by atoms with van der Waals surface area (Å²) < 4.78 is 4.65. The van der Waals surface area contributed by atoms with Crippen LogP contribution in [0.25, 0.3) is 0 Å². The lowest BCUT2D eigenvalue weighted by Crippen LogP contribution is -2.65. The first kappa shape index (κ1) is 10.5. The van der Waals surface area contributed by atoms with Crippen molar-refractivity contribution in [1.82, 2.24) is 0 Å². The second kappa shape index (κ2) is 5.22. The average molecular weight is 186 g/mol. The van der Waals surface area contributed by atoms with E-state index in [9.17, 15) is 4.79 Å². The molecule has 76 valence electrons. The lowest BCUT2D eigenvalue weighted by atomic mass is 9.85. The fourth-order valence-corrected chi connectivity index (χ4v) is 2.09. The van der Waals surface area contributed by atoms with Crippen LogP contribution in [0.2, 0.25) is 0 Å². The molecule has 1 unspecified atom stereocenters. The first-order valence-corrected chi connectivity index (χ1v) is 5.15. The number of quaternary nitrogens is 1. The van der Waals surface area contributed by atoms with Crippen LogP contribution >= 0.6 is 0 Å². The van der Waals surface area contributed by atoms with E-state index in [0.29, 0.717) is 5.92 Å². The molecule has 0 bridgehead atoms. The SMILES string of the molecule is COC(=O)C([NH3+])CC1CCCCC1. The van der Waals surface area contributed by atoms with E-state index in [2.05, 4.69) is 10.5 Å². The normalized spacial score (nSPS) is 21.1. The van der Waals surface area contributed by atoms with Crippen LogP contribution in [0.1, 0.15) is 38.5 Å². The van der Waals surface area contributed by atoms with Crippen LogP contribution in [0.3, 0.4) is 0 Å². The molecule has 1 saturated carbocycles. The van der Waals surface area contributed by atoms with Gasteiger partial charge in [0, 0.05) is 6.42 Å². The molecule has 0 radical (unpaired) electrons. The third kappa shape index (κ3) is 3.35. The Morgan fingerprint density at radius 3 is 2.62 bits per heavy atom. The first-order chi connectivity index (χ1) is 6.24. The number of esters is 1. The van der Waals surface area contributed by atoms with E-state index >= 15 is 0 Å². The van der Waals surface area contributed by atoms with Crippen LogP contribution in [-0.4, -0.2) is 19.1 Å². The predicted molar refractivity (Wildman–Crippen MR) is 49.9 cm³/mol. The maximum Gasteiger partial charge on any atom is 0.364 e. The molecule has 3 heteroatoms. The highest BCUT2D eigenvalue weighted by Crippen LogP contribution is 2.26. The number of carbonyl (C=O) groups is 1. The summed E-state index contributed by atoms with van der Waals surface area (Å²) in [5, 5.41) is 0. The van der Waals surface area contributed by atoms with Crippen LogP contribution in [0.5, 0.6) is 0 Å². The Labute approximate surface area is 79.6 Å². The van der Waals surface area contributed by atoms with E-state index in [4.69, 9.17) is 0 Å². The standard InChI is InChI=1S/C10H19NO2/c1-13-10(12)9(11)7-8-5-3-2-4-6-8/h8-9H,2-7,11H2,1H3/p+1. The fourth-order valence-electron chi connectivity index (χ4n) is 2.09. The van der Waals surface area contributed by atoms with Gasteiger partial charge >= 0.3 is 5.97 Å². The molecular weight excluding hydrogens is 166 g/mol. The molecule has 1 fully saturated rings. The highest BCUT2D eigenvalue weighted by Gasteiger charge is 2.24. The number of hydrogen-bond acceptors (Lipinski definition) is 2. The number of methoxy groups -OCH3 is 1. The summed E-state index contributed by atoms with van der Waals surface area (Å²) in [6, 6.07) is -0.159. The molecule has 0 amide bonds. The van der Waals surface area contributed by atoms with Crippen LogP contribution in [-0.2, 0) is 9.53 Å². The minimum atomic E-state index is -0.162. The van der Waals surface area contributed by atoms with Crippen molar-refractivity contribution in [3.63, 3.8) is 0 Å². The van der Waals surface area contributed by atoms with Crippen LogP contribution < -0.4 is 5.73 Å². The molecule has 3 nitrogen and oxygen atoms in total. The number of carbonyl (C=O) groups excluding carboxylic acids is 1. The molecule has 0 aromatic heterocycles. The molecule has 13 heavy (non-hydrogen) atoms. The van der Waals surface area contributed by atoms with Crippen molar-refractivity contribution in [3.8, 4) is 0 Å². The van der Waals surface area contributed by atoms with Crippen LogP contribution in [0, 0.1) is 5.92 Å². The Morgan fingerprint density at radius 1 is 1.46 bits per heavy atom. The molecule has 0 aromatic carbocycles. The molecule has 0 spiro atoms.